The number of aromatic amines is 1. The quantitative estimate of drug-likeness (QED) is 0.735. The Morgan fingerprint density at radius 3 is 2.81 bits per heavy atom. The number of benzene rings is 1. The number of nitrogens with one attached hydrogen (secondary N) is 2. The van der Waals surface area contributed by atoms with Crippen molar-refractivity contribution < 1.29 is 9.50 Å². The molecule has 0 spiro atoms. The summed E-state index contributed by atoms with van der Waals surface area (Å²) in [4.78, 5) is 0. The summed E-state index contributed by atoms with van der Waals surface area (Å²) in [6, 6.07) is 6.66. The summed E-state index contributed by atoms with van der Waals surface area (Å²) in [5.41, 5.74) is 2.18. The number of aliphatic hydroxyl groups excluding tert-OH is 1. The Kier molecular flexibility index (Phi) is 5.47. The van der Waals surface area contributed by atoms with Crippen LogP contribution in [0.4, 0.5) is 4.39 Å². The van der Waals surface area contributed by atoms with Gasteiger partial charge in [-0.15, -0.1) is 0 Å². The van der Waals surface area contributed by atoms with Crippen LogP contribution in [0.25, 0.3) is 11.3 Å². The number of H-pyrrole nitrogens is 1. The molecule has 21 heavy (non-hydrogen) atoms. The highest BCUT2D eigenvalue weighted by molar-refractivity contribution is 5.63. The van der Waals surface area contributed by atoms with Crippen molar-refractivity contribution in [2.75, 3.05) is 6.54 Å². The highest BCUT2D eigenvalue weighted by Crippen LogP contribution is 2.23. The summed E-state index contributed by atoms with van der Waals surface area (Å²) in [6.07, 6.45) is 2.19. The molecule has 0 amide bonds. The average molecular weight is 291 g/mol. The summed E-state index contributed by atoms with van der Waals surface area (Å²) in [5, 5.41) is 19.6. The largest absolute Gasteiger partial charge is 0.393 e. The molecular weight excluding hydrogens is 269 g/mol. The van der Waals surface area contributed by atoms with E-state index in [4.69, 9.17) is 0 Å². The van der Waals surface area contributed by atoms with Crippen LogP contribution in [-0.4, -0.2) is 28.0 Å². The molecule has 2 unspecified atom stereocenters. The van der Waals surface area contributed by atoms with E-state index in [-0.39, 0.29) is 11.9 Å². The maximum absolute atomic E-state index is 13.8. The van der Waals surface area contributed by atoms with E-state index in [2.05, 4.69) is 22.4 Å². The molecule has 0 aliphatic rings. The van der Waals surface area contributed by atoms with E-state index in [9.17, 15) is 9.50 Å². The first-order chi connectivity index (χ1) is 10.1. The molecule has 0 aliphatic heterocycles. The molecule has 0 radical (unpaired) electrons. The van der Waals surface area contributed by atoms with Crippen LogP contribution in [0.1, 0.15) is 25.8 Å². The lowest BCUT2D eigenvalue weighted by atomic mass is 10.0. The Bertz CT molecular complexity index is 568. The maximum atomic E-state index is 13.8. The van der Waals surface area contributed by atoms with E-state index in [1.54, 1.807) is 31.3 Å². The van der Waals surface area contributed by atoms with Crippen molar-refractivity contribution in [1.29, 1.82) is 0 Å². The molecule has 2 atom stereocenters. The molecule has 1 aromatic carbocycles. The van der Waals surface area contributed by atoms with E-state index in [0.717, 1.165) is 18.5 Å². The van der Waals surface area contributed by atoms with Gasteiger partial charge in [-0.25, -0.2) is 4.39 Å². The van der Waals surface area contributed by atoms with Crippen molar-refractivity contribution >= 4 is 0 Å². The fourth-order valence-electron chi connectivity index (χ4n) is 2.46. The minimum atomic E-state index is -0.287. The van der Waals surface area contributed by atoms with E-state index in [1.807, 2.05) is 0 Å². The average Bonchev–Trinajstić information content (AvgIpc) is 2.86. The lowest BCUT2D eigenvalue weighted by Gasteiger charge is -2.14. The molecule has 3 N–H and O–H groups in total. The molecule has 114 valence electrons. The topological polar surface area (TPSA) is 60.9 Å². The van der Waals surface area contributed by atoms with Crippen LogP contribution in [0, 0.1) is 11.7 Å². The Morgan fingerprint density at radius 2 is 2.10 bits per heavy atom. The molecule has 0 saturated heterocycles. The monoisotopic (exact) mass is 291 g/mol. The normalized spacial score (nSPS) is 14.1. The van der Waals surface area contributed by atoms with Crippen LogP contribution in [0.3, 0.4) is 0 Å². The Morgan fingerprint density at radius 1 is 1.33 bits per heavy atom. The molecule has 0 saturated carbocycles. The number of rotatable bonds is 7. The van der Waals surface area contributed by atoms with E-state index in [1.165, 1.54) is 6.07 Å². The summed E-state index contributed by atoms with van der Waals surface area (Å²) in [6.45, 7) is 5.30. The van der Waals surface area contributed by atoms with Gasteiger partial charge < -0.3 is 10.4 Å². The first-order valence-electron chi connectivity index (χ1n) is 7.24. The first kappa shape index (κ1) is 15.7. The fourth-order valence-corrected chi connectivity index (χ4v) is 2.46. The van der Waals surface area contributed by atoms with E-state index < -0.39 is 0 Å². The molecule has 1 heterocycles. The van der Waals surface area contributed by atoms with Gasteiger partial charge in [-0.1, -0.05) is 19.1 Å². The molecule has 0 aliphatic carbocycles. The van der Waals surface area contributed by atoms with Crippen molar-refractivity contribution in [3.63, 3.8) is 0 Å². The van der Waals surface area contributed by atoms with Gasteiger partial charge in [-0.3, -0.25) is 5.10 Å². The smallest absolute Gasteiger partial charge is 0.132 e. The van der Waals surface area contributed by atoms with Crippen LogP contribution in [0.15, 0.2) is 30.5 Å². The minimum Gasteiger partial charge on any atom is -0.393 e. The van der Waals surface area contributed by atoms with Crippen LogP contribution in [0.2, 0.25) is 0 Å². The second kappa shape index (κ2) is 7.33. The molecular formula is C16H22FN3O. The van der Waals surface area contributed by atoms with Gasteiger partial charge in [0.25, 0.3) is 0 Å². The Balaban J connectivity index is 1.97. The van der Waals surface area contributed by atoms with Gasteiger partial charge >= 0.3 is 0 Å². The number of hydrogen-bond acceptors (Lipinski definition) is 3. The number of halogens is 1. The Hall–Kier alpha value is -1.72. The van der Waals surface area contributed by atoms with Crippen molar-refractivity contribution in [3.05, 3.63) is 41.8 Å². The third-order valence-electron chi connectivity index (χ3n) is 3.41. The molecule has 5 heteroatoms. The molecule has 0 fully saturated rings. The van der Waals surface area contributed by atoms with E-state index >= 15 is 0 Å². The zero-order valence-electron chi connectivity index (χ0n) is 12.4. The zero-order valence-corrected chi connectivity index (χ0v) is 12.4. The predicted octanol–water partition coefficient (Wildman–Crippen LogP) is 2.71. The Labute approximate surface area is 124 Å². The standard InChI is InChI=1S/C16H22FN3O/c1-11(7-12(2)21)8-18-9-13-10-19-20-16(13)14-5-3-4-6-15(14)17/h3-6,10-12,18,21H,7-9H2,1-2H3,(H,19,20). The predicted molar refractivity (Wildman–Crippen MR) is 81.2 cm³/mol. The van der Waals surface area contributed by atoms with Gasteiger partial charge in [-0.05, 0) is 37.9 Å². The third kappa shape index (κ3) is 4.37. The van der Waals surface area contributed by atoms with Gasteiger partial charge in [0.05, 0.1) is 18.0 Å². The highest BCUT2D eigenvalue weighted by atomic mass is 19.1. The lowest BCUT2D eigenvalue weighted by molar-refractivity contribution is 0.163. The van der Waals surface area contributed by atoms with Crippen LogP contribution < -0.4 is 5.32 Å². The van der Waals surface area contributed by atoms with Gasteiger partial charge in [0.2, 0.25) is 0 Å². The molecule has 2 aromatic rings. The second-order valence-electron chi connectivity index (χ2n) is 5.57. The first-order valence-corrected chi connectivity index (χ1v) is 7.24. The summed E-state index contributed by atoms with van der Waals surface area (Å²) in [7, 11) is 0. The minimum absolute atomic E-state index is 0.259. The summed E-state index contributed by atoms with van der Waals surface area (Å²) < 4.78 is 13.8. The number of hydrogen-bond donors (Lipinski definition) is 3. The van der Waals surface area contributed by atoms with Gasteiger partial charge in [-0.2, -0.15) is 5.10 Å². The summed E-state index contributed by atoms with van der Waals surface area (Å²) in [5.74, 6) is 0.124. The van der Waals surface area contributed by atoms with Crippen LogP contribution in [0.5, 0.6) is 0 Å². The SMILES string of the molecule is CC(O)CC(C)CNCc1cn[nH]c1-c1ccccc1F. The molecule has 1 aromatic heterocycles. The van der Waals surface area contributed by atoms with Crippen molar-refractivity contribution in [2.45, 2.75) is 32.9 Å². The highest BCUT2D eigenvalue weighted by Gasteiger charge is 2.12. The van der Waals surface area contributed by atoms with Gasteiger partial charge in [0.15, 0.2) is 0 Å². The molecule has 2 rings (SSSR count). The van der Waals surface area contributed by atoms with Crippen molar-refractivity contribution in [2.24, 2.45) is 5.92 Å². The number of aromatic nitrogens is 2. The molecule has 0 bridgehead atoms. The van der Waals surface area contributed by atoms with Crippen LogP contribution >= 0.6 is 0 Å². The number of nitrogens with zero attached hydrogens (tertiary/aromatic N) is 1. The third-order valence-corrected chi connectivity index (χ3v) is 3.41. The van der Waals surface area contributed by atoms with Gasteiger partial charge in [0.1, 0.15) is 5.82 Å². The van der Waals surface area contributed by atoms with Gasteiger partial charge in [0, 0.05) is 17.7 Å². The van der Waals surface area contributed by atoms with Crippen molar-refractivity contribution in [1.82, 2.24) is 15.5 Å². The zero-order chi connectivity index (χ0) is 15.2. The van der Waals surface area contributed by atoms with Crippen molar-refractivity contribution in [3.8, 4) is 11.3 Å². The second-order valence-corrected chi connectivity index (χ2v) is 5.57. The summed E-state index contributed by atoms with van der Waals surface area (Å²) >= 11 is 0. The number of aliphatic hydroxyl groups is 1. The van der Waals surface area contributed by atoms with Crippen LogP contribution in [-0.2, 0) is 6.54 Å². The van der Waals surface area contributed by atoms with E-state index in [0.29, 0.717) is 23.7 Å². The molecule has 4 nitrogen and oxygen atoms in total. The maximum Gasteiger partial charge on any atom is 0.132 e. The fraction of sp³-hybridized carbons (Fsp3) is 0.438. The lowest BCUT2D eigenvalue weighted by Crippen LogP contribution is -2.23.